The molecule has 0 saturated carbocycles. The molecule has 1 aliphatic heterocycles. The molecule has 2 aromatic rings. The van der Waals surface area contributed by atoms with E-state index in [0.717, 1.165) is 17.2 Å². The maximum Gasteiger partial charge on any atom is 0.153 e. The minimum atomic E-state index is -0.0493. The number of anilines is 1. The van der Waals surface area contributed by atoms with E-state index in [1.165, 1.54) is 0 Å². The lowest BCUT2D eigenvalue weighted by Crippen LogP contribution is -2.27. The smallest absolute Gasteiger partial charge is 0.153 e. The molecule has 1 aliphatic rings. The van der Waals surface area contributed by atoms with E-state index in [-0.39, 0.29) is 18.8 Å². The third-order valence-corrected chi connectivity index (χ3v) is 3.88. The number of nitrogens with zero attached hydrogens (tertiary/aromatic N) is 3. The highest BCUT2D eigenvalue weighted by Crippen LogP contribution is 2.27. The number of hydrogen-bond acceptors (Lipinski definition) is 5. The lowest BCUT2D eigenvalue weighted by atomic mass is 10.3. The highest BCUT2D eigenvalue weighted by Gasteiger charge is 2.35. The second kappa shape index (κ2) is 5.40. The zero-order valence-corrected chi connectivity index (χ0v) is 11.7. The van der Waals surface area contributed by atoms with Gasteiger partial charge in [-0.25, -0.2) is 4.98 Å². The quantitative estimate of drug-likeness (QED) is 0.890. The summed E-state index contributed by atoms with van der Waals surface area (Å²) in [7, 11) is 3.38. The number of aliphatic hydroxyl groups is 1. The van der Waals surface area contributed by atoms with Gasteiger partial charge in [-0.2, -0.15) is 0 Å². The average Bonchev–Trinajstić information content (AvgIpc) is 3.07. The van der Waals surface area contributed by atoms with E-state index in [0.29, 0.717) is 13.1 Å². The number of rotatable bonds is 4. The largest absolute Gasteiger partial charge is 0.390 e. The van der Waals surface area contributed by atoms with Crippen molar-refractivity contribution < 1.29 is 14.6 Å². The van der Waals surface area contributed by atoms with Gasteiger partial charge in [0.1, 0.15) is 17.9 Å². The predicted molar refractivity (Wildman–Crippen MR) is 74.9 cm³/mol. The van der Waals surface area contributed by atoms with Gasteiger partial charge in [0, 0.05) is 33.5 Å². The lowest BCUT2D eigenvalue weighted by Gasteiger charge is -2.16. The predicted octanol–water partition coefficient (Wildman–Crippen LogP) is 0.677. The summed E-state index contributed by atoms with van der Waals surface area (Å²) in [4.78, 5) is 6.73. The van der Waals surface area contributed by atoms with Crippen molar-refractivity contribution in [2.75, 3.05) is 32.2 Å². The van der Waals surface area contributed by atoms with Gasteiger partial charge in [-0.3, -0.25) is 4.40 Å². The minimum absolute atomic E-state index is 0.0244. The molecule has 2 aromatic heterocycles. The third kappa shape index (κ3) is 2.06. The van der Waals surface area contributed by atoms with Gasteiger partial charge in [0.2, 0.25) is 0 Å². The topological polar surface area (TPSA) is 59.2 Å². The summed E-state index contributed by atoms with van der Waals surface area (Å²) in [6.07, 6.45) is 1.96. The van der Waals surface area contributed by atoms with E-state index in [1.54, 1.807) is 14.2 Å². The summed E-state index contributed by atoms with van der Waals surface area (Å²) in [5, 5.41) is 9.66. The Morgan fingerprint density at radius 3 is 2.55 bits per heavy atom. The van der Waals surface area contributed by atoms with Gasteiger partial charge in [-0.05, 0) is 12.1 Å². The number of pyridine rings is 1. The Kier molecular flexibility index (Phi) is 3.60. The van der Waals surface area contributed by atoms with Crippen LogP contribution in [-0.4, -0.2) is 54.0 Å². The van der Waals surface area contributed by atoms with Crippen molar-refractivity contribution in [2.45, 2.75) is 18.8 Å². The molecule has 0 radical (unpaired) electrons. The van der Waals surface area contributed by atoms with Crippen LogP contribution in [0.1, 0.15) is 5.69 Å². The van der Waals surface area contributed by atoms with Crippen molar-refractivity contribution in [1.82, 2.24) is 9.38 Å². The van der Waals surface area contributed by atoms with Crippen molar-refractivity contribution >= 4 is 11.5 Å². The summed E-state index contributed by atoms with van der Waals surface area (Å²) in [6, 6.07) is 5.80. The van der Waals surface area contributed by atoms with Gasteiger partial charge in [0.05, 0.1) is 12.3 Å². The van der Waals surface area contributed by atoms with Gasteiger partial charge in [-0.1, -0.05) is 6.07 Å². The van der Waals surface area contributed by atoms with Gasteiger partial charge >= 0.3 is 0 Å². The molecule has 3 rings (SSSR count). The fourth-order valence-electron chi connectivity index (χ4n) is 2.80. The molecular weight excluding hydrogens is 258 g/mol. The highest BCUT2D eigenvalue weighted by molar-refractivity contribution is 5.56. The normalized spacial score (nSPS) is 22.9. The molecule has 2 atom stereocenters. The lowest BCUT2D eigenvalue weighted by molar-refractivity contribution is -0.00461. The van der Waals surface area contributed by atoms with Crippen LogP contribution in [0.3, 0.4) is 0 Å². The second-order valence-electron chi connectivity index (χ2n) is 4.92. The van der Waals surface area contributed by atoms with Crippen molar-refractivity contribution in [3.05, 3.63) is 30.1 Å². The highest BCUT2D eigenvalue weighted by atomic mass is 16.5. The van der Waals surface area contributed by atoms with Crippen LogP contribution in [-0.2, 0) is 16.1 Å². The first kappa shape index (κ1) is 13.4. The molecule has 0 aliphatic carbocycles. The molecule has 3 heterocycles. The van der Waals surface area contributed by atoms with E-state index < -0.39 is 0 Å². The van der Waals surface area contributed by atoms with E-state index >= 15 is 0 Å². The van der Waals surface area contributed by atoms with Crippen LogP contribution in [0.5, 0.6) is 0 Å². The second-order valence-corrected chi connectivity index (χ2v) is 4.92. The summed E-state index contributed by atoms with van der Waals surface area (Å²) in [5.41, 5.74) is 1.63. The molecule has 0 aromatic carbocycles. The molecular formula is C14H19N3O3. The number of aliphatic hydroxyl groups excluding tert-OH is 1. The summed E-state index contributed by atoms with van der Waals surface area (Å²) < 4.78 is 12.8. The van der Waals surface area contributed by atoms with Crippen LogP contribution in [0.4, 0.5) is 5.82 Å². The van der Waals surface area contributed by atoms with Crippen LogP contribution >= 0.6 is 0 Å². The Morgan fingerprint density at radius 1 is 1.25 bits per heavy atom. The SMILES string of the molecule is COC1CN(c2nc3ccccn3c2CO)CC1OC. The number of aromatic nitrogens is 2. The van der Waals surface area contributed by atoms with Gasteiger partial charge in [0.15, 0.2) is 5.82 Å². The molecule has 1 saturated heterocycles. The molecule has 2 unspecified atom stereocenters. The van der Waals surface area contributed by atoms with Gasteiger partial charge in [0.25, 0.3) is 0 Å². The van der Waals surface area contributed by atoms with Crippen molar-refractivity contribution in [1.29, 1.82) is 0 Å². The van der Waals surface area contributed by atoms with E-state index in [1.807, 2.05) is 28.8 Å². The summed E-state index contributed by atoms with van der Waals surface area (Å²) in [6.45, 7) is 1.38. The number of fused-ring (bicyclic) bond motifs is 1. The third-order valence-electron chi connectivity index (χ3n) is 3.88. The zero-order chi connectivity index (χ0) is 14.1. The van der Waals surface area contributed by atoms with Gasteiger partial charge in [-0.15, -0.1) is 0 Å². The van der Waals surface area contributed by atoms with Crippen molar-refractivity contribution in [3.8, 4) is 0 Å². The van der Waals surface area contributed by atoms with Gasteiger partial charge < -0.3 is 19.5 Å². The van der Waals surface area contributed by atoms with E-state index in [2.05, 4.69) is 9.88 Å². The van der Waals surface area contributed by atoms with E-state index in [9.17, 15) is 5.11 Å². The maximum absolute atomic E-state index is 9.66. The molecule has 0 spiro atoms. The zero-order valence-electron chi connectivity index (χ0n) is 11.7. The summed E-state index contributed by atoms with van der Waals surface area (Å²) in [5.74, 6) is 0.806. The Balaban J connectivity index is 1.98. The Morgan fingerprint density at radius 2 is 1.95 bits per heavy atom. The first-order chi connectivity index (χ1) is 9.78. The van der Waals surface area contributed by atoms with Crippen LogP contribution in [0.2, 0.25) is 0 Å². The fourth-order valence-corrected chi connectivity index (χ4v) is 2.80. The molecule has 0 bridgehead atoms. The Bertz CT molecular complexity index is 586. The maximum atomic E-state index is 9.66. The molecule has 0 amide bonds. The van der Waals surface area contributed by atoms with Crippen LogP contribution < -0.4 is 4.90 Å². The number of methoxy groups -OCH3 is 2. The van der Waals surface area contributed by atoms with Crippen LogP contribution in [0, 0.1) is 0 Å². The average molecular weight is 277 g/mol. The molecule has 108 valence electrons. The molecule has 1 fully saturated rings. The first-order valence-corrected chi connectivity index (χ1v) is 6.65. The number of ether oxygens (including phenoxy) is 2. The molecule has 6 heteroatoms. The van der Waals surface area contributed by atoms with Crippen molar-refractivity contribution in [3.63, 3.8) is 0 Å². The Hall–Kier alpha value is -1.63. The van der Waals surface area contributed by atoms with E-state index in [4.69, 9.17) is 9.47 Å². The molecule has 20 heavy (non-hydrogen) atoms. The number of hydrogen-bond donors (Lipinski definition) is 1. The Labute approximate surface area is 117 Å². The van der Waals surface area contributed by atoms with Crippen LogP contribution in [0.15, 0.2) is 24.4 Å². The van der Waals surface area contributed by atoms with Crippen molar-refractivity contribution in [2.24, 2.45) is 0 Å². The fraction of sp³-hybridized carbons (Fsp3) is 0.500. The minimum Gasteiger partial charge on any atom is -0.390 e. The standard InChI is InChI=1S/C14H19N3O3/c1-19-11-7-16(8-12(11)20-2)14-10(9-18)17-6-4-3-5-13(17)15-14/h3-6,11-12,18H,7-9H2,1-2H3. The monoisotopic (exact) mass is 277 g/mol. The molecule has 6 nitrogen and oxygen atoms in total. The summed E-state index contributed by atoms with van der Waals surface area (Å²) >= 11 is 0. The first-order valence-electron chi connectivity index (χ1n) is 6.65. The molecule has 1 N–H and O–H groups in total. The van der Waals surface area contributed by atoms with Crippen LogP contribution in [0.25, 0.3) is 5.65 Å². The number of imidazole rings is 1.